The van der Waals surface area contributed by atoms with Gasteiger partial charge in [0.1, 0.15) is 0 Å². The largest absolute Gasteiger partial charge is 0.373 e. The summed E-state index contributed by atoms with van der Waals surface area (Å²) >= 11 is 0. The number of nitrogens with zero attached hydrogens (tertiary/aromatic N) is 1. The Morgan fingerprint density at radius 1 is 0.641 bits per heavy atom. The Labute approximate surface area is 225 Å². The molecule has 0 bridgehead atoms. The Kier molecular flexibility index (Phi) is 6.57. The van der Waals surface area contributed by atoms with Gasteiger partial charge in [-0.25, -0.2) is 0 Å². The first kappa shape index (κ1) is 25.4. The molecule has 6 atom stereocenters. The third kappa shape index (κ3) is 6.11. The van der Waals surface area contributed by atoms with Crippen molar-refractivity contribution in [2.24, 2.45) is 5.73 Å². The Balaban J connectivity index is 1.40. The second-order valence-electron chi connectivity index (χ2n) is 11.2. The van der Waals surface area contributed by atoms with Gasteiger partial charge in [-0.15, -0.1) is 0 Å². The van der Waals surface area contributed by atoms with Crippen LogP contribution >= 0.6 is 0 Å². The second-order valence-corrected chi connectivity index (χ2v) is 11.2. The molecule has 6 aliphatic heterocycles. The van der Waals surface area contributed by atoms with Crippen LogP contribution in [0.3, 0.4) is 0 Å². The van der Waals surface area contributed by atoms with Crippen molar-refractivity contribution in [2.75, 3.05) is 59.3 Å². The summed E-state index contributed by atoms with van der Waals surface area (Å²) in [5.74, 6) is -1.60. The van der Waals surface area contributed by atoms with Crippen molar-refractivity contribution < 1.29 is 42.8 Å². The molecule has 0 aromatic heterocycles. The van der Waals surface area contributed by atoms with E-state index in [9.17, 15) is 14.4 Å². The van der Waals surface area contributed by atoms with E-state index < -0.39 is 11.8 Å². The van der Waals surface area contributed by atoms with Crippen LogP contribution in [0.4, 0.5) is 0 Å². The van der Waals surface area contributed by atoms with Gasteiger partial charge >= 0.3 is 0 Å². The summed E-state index contributed by atoms with van der Waals surface area (Å²) in [5, 5.41) is 2.88. The monoisotopic (exact) mass is 543 g/mol. The number of amides is 3. The summed E-state index contributed by atoms with van der Waals surface area (Å²) < 4.78 is 32.9. The van der Waals surface area contributed by atoms with Gasteiger partial charge in [0.25, 0.3) is 11.8 Å². The van der Waals surface area contributed by atoms with E-state index in [1.54, 1.807) is 4.90 Å². The first-order valence-electron chi connectivity index (χ1n) is 13.7. The molecule has 6 aliphatic rings. The predicted octanol–water partition coefficient (Wildman–Crippen LogP) is -1.02. The molecule has 6 heterocycles. The molecular formula is C27H33N3O9. The van der Waals surface area contributed by atoms with Crippen LogP contribution in [0.5, 0.6) is 0 Å². The lowest BCUT2D eigenvalue weighted by Gasteiger charge is -2.28. The minimum atomic E-state index is -0.748. The van der Waals surface area contributed by atoms with Gasteiger partial charge in [-0.1, -0.05) is 0 Å². The molecule has 0 aliphatic carbocycles. The number of nitrogens with two attached hydrogens (primary N) is 1. The SMILES string of the molecule is NC(=O)c1c(CC2CO2)c(CC2CO2)c(CC2CO2)c(C(=O)N(CC2CO2)CC2CO2)c1C(=O)NCC1CO1. The summed E-state index contributed by atoms with van der Waals surface area (Å²) in [6.07, 6.45) is 1.03. The number of carbonyl (C=O) groups is 3. The minimum absolute atomic E-state index is 0.0195. The van der Waals surface area contributed by atoms with Crippen LogP contribution in [0.25, 0.3) is 0 Å². The molecule has 0 radical (unpaired) electrons. The van der Waals surface area contributed by atoms with Crippen molar-refractivity contribution in [1.82, 2.24) is 10.2 Å². The molecule has 3 amide bonds. The normalized spacial score (nSPS) is 30.9. The molecule has 39 heavy (non-hydrogen) atoms. The van der Waals surface area contributed by atoms with Crippen LogP contribution in [-0.2, 0) is 47.7 Å². The first-order valence-corrected chi connectivity index (χ1v) is 13.7. The molecule has 6 fully saturated rings. The van der Waals surface area contributed by atoms with Gasteiger partial charge < -0.3 is 44.4 Å². The van der Waals surface area contributed by atoms with Gasteiger partial charge in [0.05, 0.1) is 93.0 Å². The van der Waals surface area contributed by atoms with E-state index in [-0.39, 0.29) is 65.8 Å². The number of hydrogen-bond acceptors (Lipinski definition) is 9. The Morgan fingerprint density at radius 2 is 1.08 bits per heavy atom. The number of ether oxygens (including phenoxy) is 6. The highest BCUT2D eigenvalue weighted by molar-refractivity contribution is 6.15. The zero-order valence-corrected chi connectivity index (χ0v) is 21.6. The van der Waals surface area contributed by atoms with Crippen LogP contribution in [0.15, 0.2) is 0 Å². The Hall–Kier alpha value is -2.61. The number of benzene rings is 1. The molecule has 0 saturated carbocycles. The van der Waals surface area contributed by atoms with Gasteiger partial charge in [0, 0.05) is 38.9 Å². The lowest BCUT2D eigenvalue weighted by molar-refractivity contribution is 0.0722. The maximum absolute atomic E-state index is 14.5. The molecule has 6 unspecified atom stereocenters. The molecule has 1 aromatic rings. The predicted molar refractivity (Wildman–Crippen MR) is 133 cm³/mol. The summed E-state index contributed by atoms with van der Waals surface area (Å²) in [6.45, 7) is 4.47. The Bertz CT molecular complexity index is 1170. The maximum atomic E-state index is 14.5. The maximum Gasteiger partial charge on any atom is 0.255 e. The summed E-state index contributed by atoms with van der Waals surface area (Å²) in [4.78, 5) is 43.3. The van der Waals surface area contributed by atoms with Crippen molar-refractivity contribution >= 4 is 17.7 Å². The number of epoxide rings is 6. The number of rotatable bonds is 15. The van der Waals surface area contributed by atoms with E-state index in [0.717, 1.165) is 11.1 Å². The molecule has 6 saturated heterocycles. The highest BCUT2D eigenvalue weighted by Gasteiger charge is 2.42. The average molecular weight is 544 g/mol. The fourth-order valence-corrected chi connectivity index (χ4v) is 5.30. The number of nitrogens with one attached hydrogen (secondary N) is 1. The highest BCUT2D eigenvalue weighted by atomic mass is 16.6. The van der Waals surface area contributed by atoms with Crippen molar-refractivity contribution in [1.29, 1.82) is 0 Å². The summed E-state index contributed by atoms with van der Waals surface area (Å²) in [6, 6.07) is 0. The van der Waals surface area contributed by atoms with E-state index in [1.165, 1.54) is 0 Å². The summed E-state index contributed by atoms with van der Waals surface area (Å²) in [7, 11) is 0. The molecule has 7 rings (SSSR count). The van der Waals surface area contributed by atoms with Gasteiger partial charge in [0.15, 0.2) is 0 Å². The van der Waals surface area contributed by atoms with Crippen LogP contribution in [-0.4, -0.2) is 119 Å². The second kappa shape index (κ2) is 10.1. The standard InChI is InChI=1S/C27H33N3O9/c28-25(31)22-20(2-14-8-35-14)19(1-13-7-34-13)21(3-15-9-36-15)23(24(22)26(32)29-4-16-10-37-16)27(33)30(5-17-11-38-17)6-18-12-39-18/h13-18H,1-12H2,(H2,28,31)(H,29,32). The molecule has 3 N–H and O–H groups in total. The molecule has 1 aromatic carbocycles. The van der Waals surface area contributed by atoms with E-state index in [0.29, 0.717) is 77.6 Å². The molecule has 12 heteroatoms. The molecule has 12 nitrogen and oxygen atoms in total. The minimum Gasteiger partial charge on any atom is -0.373 e. The first-order chi connectivity index (χ1) is 18.9. The van der Waals surface area contributed by atoms with Crippen LogP contribution < -0.4 is 11.1 Å². The van der Waals surface area contributed by atoms with Crippen molar-refractivity contribution in [2.45, 2.75) is 55.9 Å². The fourth-order valence-electron chi connectivity index (χ4n) is 5.30. The zero-order valence-electron chi connectivity index (χ0n) is 21.6. The van der Waals surface area contributed by atoms with Gasteiger partial charge in [-0.05, 0) is 16.7 Å². The lowest BCUT2D eigenvalue weighted by atomic mass is 9.80. The van der Waals surface area contributed by atoms with Crippen LogP contribution in [0.2, 0.25) is 0 Å². The zero-order chi connectivity index (χ0) is 26.7. The van der Waals surface area contributed by atoms with Crippen LogP contribution in [0, 0.1) is 0 Å². The lowest BCUT2D eigenvalue weighted by Crippen LogP contribution is -2.41. The third-order valence-electron chi connectivity index (χ3n) is 7.85. The fraction of sp³-hybridized carbons (Fsp3) is 0.667. The van der Waals surface area contributed by atoms with E-state index >= 15 is 0 Å². The topological polar surface area (TPSA) is 168 Å². The van der Waals surface area contributed by atoms with Crippen molar-refractivity contribution in [3.8, 4) is 0 Å². The smallest absolute Gasteiger partial charge is 0.255 e. The van der Waals surface area contributed by atoms with Gasteiger partial charge in [0.2, 0.25) is 5.91 Å². The van der Waals surface area contributed by atoms with Crippen molar-refractivity contribution in [3.63, 3.8) is 0 Å². The van der Waals surface area contributed by atoms with E-state index in [2.05, 4.69) is 5.32 Å². The molecule has 210 valence electrons. The number of carbonyl (C=O) groups excluding carboxylic acids is 3. The number of primary amides is 1. The number of hydrogen-bond donors (Lipinski definition) is 2. The van der Waals surface area contributed by atoms with Crippen LogP contribution in [0.1, 0.15) is 47.8 Å². The van der Waals surface area contributed by atoms with E-state index in [4.69, 9.17) is 34.2 Å². The summed E-state index contributed by atoms with van der Waals surface area (Å²) in [5.41, 5.74) is 8.58. The Morgan fingerprint density at radius 3 is 1.51 bits per heavy atom. The van der Waals surface area contributed by atoms with E-state index in [1.807, 2.05) is 0 Å². The van der Waals surface area contributed by atoms with Gasteiger partial charge in [-0.3, -0.25) is 14.4 Å². The quantitative estimate of drug-likeness (QED) is 0.263. The highest BCUT2D eigenvalue weighted by Crippen LogP contribution is 2.37. The molecular weight excluding hydrogens is 510 g/mol. The van der Waals surface area contributed by atoms with Gasteiger partial charge in [-0.2, -0.15) is 0 Å². The molecule has 0 spiro atoms. The third-order valence-corrected chi connectivity index (χ3v) is 7.85. The van der Waals surface area contributed by atoms with Crippen molar-refractivity contribution in [3.05, 3.63) is 33.4 Å². The average Bonchev–Trinajstić information content (AvgIpc) is 3.68.